The van der Waals surface area contributed by atoms with Crippen molar-refractivity contribution in [2.24, 2.45) is 0 Å². The number of ether oxygens (including phenoxy) is 1. The van der Waals surface area contributed by atoms with Gasteiger partial charge in [0.2, 0.25) is 5.95 Å². The third-order valence-corrected chi connectivity index (χ3v) is 6.02. The molecule has 1 aromatic carbocycles. The molecule has 7 nitrogen and oxygen atoms in total. The van der Waals surface area contributed by atoms with Gasteiger partial charge < -0.3 is 19.6 Å². The highest BCUT2D eigenvalue weighted by Gasteiger charge is 2.47. The molecule has 2 aliphatic heterocycles. The standard InChI is InChI=1S/C23H29FN4O3/c1-22(2,30)16-23(17-7-4-3-5-8-17)10-12-28(21(29)31-23)19-9-6-11-27(15-19)20-25-13-18(24)14-26-20/h3-5,7-8,13-14,19,30H,6,9-12,15-16H2,1-2H3/t19-,23-/m0/s1. The van der Waals surface area contributed by atoms with Gasteiger partial charge >= 0.3 is 6.09 Å². The molecule has 3 heterocycles. The Morgan fingerprint density at radius 2 is 1.94 bits per heavy atom. The van der Waals surface area contributed by atoms with Gasteiger partial charge in [-0.1, -0.05) is 30.3 Å². The average Bonchev–Trinajstić information content (AvgIpc) is 2.74. The number of aromatic nitrogens is 2. The molecule has 2 aliphatic rings. The summed E-state index contributed by atoms with van der Waals surface area (Å²) in [5.41, 5.74) is -0.948. The van der Waals surface area contributed by atoms with Gasteiger partial charge in [0.15, 0.2) is 5.82 Å². The molecule has 1 amide bonds. The van der Waals surface area contributed by atoms with Crippen LogP contribution < -0.4 is 4.90 Å². The third-order valence-electron chi connectivity index (χ3n) is 6.02. The highest BCUT2D eigenvalue weighted by atomic mass is 19.1. The monoisotopic (exact) mass is 428 g/mol. The lowest BCUT2D eigenvalue weighted by molar-refractivity contribution is -0.102. The van der Waals surface area contributed by atoms with Gasteiger partial charge in [0, 0.05) is 32.5 Å². The first-order valence-electron chi connectivity index (χ1n) is 10.8. The number of cyclic esters (lactones) is 1. The van der Waals surface area contributed by atoms with Crippen LogP contribution in [0.4, 0.5) is 15.1 Å². The van der Waals surface area contributed by atoms with Crippen molar-refractivity contribution in [2.45, 2.75) is 56.8 Å². The van der Waals surface area contributed by atoms with E-state index >= 15 is 0 Å². The van der Waals surface area contributed by atoms with Crippen LogP contribution in [-0.2, 0) is 10.3 Å². The predicted octanol–water partition coefficient (Wildman–Crippen LogP) is 3.48. The van der Waals surface area contributed by atoms with Crippen LogP contribution in [0.15, 0.2) is 42.7 Å². The summed E-state index contributed by atoms with van der Waals surface area (Å²) >= 11 is 0. The van der Waals surface area contributed by atoms with E-state index in [2.05, 4.69) is 9.97 Å². The predicted molar refractivity (Wildman–Crippen MR) is 114 cm³/mol. The maximum absolute atomic E-state index is 13.2. The number of nitrogens with zero attached hydrogens (tertiary/aromatic N) is 4. The number of benzene rings is 1. The number of anilines is 1. The molecule has 4 rings (SSSR count). The quantitative estimate of drug-likeness (QED) is 0.786. The Bertz CT molecular complexity index is 903. The van der Waals surface area contributed by atoms with Crippen molar-refractivity contribution in [3.63, 3.8) is 0 Å². The molecule has 0 aliphatic carbocycles. The number of hydrogen-bond acceptors (Lipinski definition) is 6. The number of carbonyl (C=O) groups is 1. The summed E-state index contributed by atoms with van der Waals surface area (Å²) in [5.74, 6) is -0.00174. The molecule has 166 valence electrons. The van der Waals surface area contributed by atoms with Gasteiger partial charge in [-0.2, -0.15) is 0 Å². The lowest BCUT2D eigenvalue weighted by Gasteiger charge is -2.47. The number of carbonyl (C=O) groups excluding carboxylic acids is 1. The second kappa shape index (κ2) is 8.42. The minimum absolute atomic E-state index is 0.0363. The van der Waals surface area contributed by atoms with E-state index < -0.39 is 17.0 Å². The minimum atomic E-state index is -0.986. The molecular weight excluding hydrogens is 399 g/mol. The van der Waals surface area contributed by atoms with Gasteiger partial charge in [0.05, 0.1) is 24.0 Å². The number of halogens is 1. The van der Waals surface area contributed by atoms with Crippen molar-refractivity contribution in [1.82, 2.24) is 14.9 Å². The SMILES string of the molecule is CC(C)(O)C[C@]1(c2ccccc2)CCN([C@H]2CCCN(c3ncc(F)cn3)C2)C(=O)O1. The molecular formula is C23H29FN4O3. The Morgan fingerprint density at radius 1 is 1.23 bits per heavy atom. The zero-order chi connectivity index (χ0) is 22.1. The number of rotatable bonds is 5. The fourth-order valence-corrected chi connectivity index (χ4v) is 4.73. The van der Waals surface area contributed by atoms with Crippen LogP contribution in [0.3, 0.4) is 0 Å². The van der Waals surface area contributed by atoms with Gasteiger partial charge in [-0.25, -0.2) is 19.2 Å². The Balaban J connectivity index is 1.51. The summed E-state index contributed by atoms with van der Waals surface area (Å²) in [4.78, 5) is 25.1. The lowest BCUT2D eigenvalue weighted by atomic mass is 9.80. The van der Waals surface area contributed by atoms with Gasteiger partial charge in [0.1, 0.15) is 5.60 Å². The molecule has 0 bridgehead atoms. The Hall–Kier alpha value is -2.74. The van der Waals surface area contributed by atoms with Gasteiger partial charge in [-0.15, -0.1) is 0 Å². The molecule has 0 radical (unpaired) electrons. The van der Waals surface area contributed by atoms with Crippen molar-refractivity contribution in [3.8, 4) is 0 Å². The topological polar surface area (TPSA) is 78.8 Å². The van der Waals surface area contributed by atoms with Crippen molar-refractivity contribution in [3.05, 3.63) is 54.1 Å². The molecule has 2 fully saturated rings. The largest absolute Gasteiger partial charge is 0.438 e. The summed E-state index contributed by atoms with van der Waals surface area (Å²) < 4.78 is 19.3. The van der Waals surface area contributed by atoms with Crippen LogP contribution in [0.5, 0.6) is 0 Å². The second-order valence-corrected chi connectivity index (χ2v) is 9.10. The van der Waals surface area contributed by atoms with E-state index in [1.54, 1.807) is 18.7 Å². The summed E-state index contributed by atoms with van der Waals surface area (Å²) in [7, 11) is 0. The van der Waals surface area contributed by atoms with E-state index in [4.69, 9.17) is 4.74 Å². The molecule has 2 aromatic rings. The fourth-order valence-electron chi connectivity index (χ4n) is 4.73. The molecule has 1 aromatic heterocycles. The van der Waals surface area contributed by atoms with Crippen molar-refractivity contribution in [1.29, 1.82) is 0 Å². The van der Waals surface area contributed by atoms with Crippen LogP contribution in [0.25, 0.3) is 0 Å². The Kier molecular flexibility index (Phi) is 5.83. The van der Waals surface area contributed by atoms with E-state index in [0.717, 1.165) is 37.3 Å². The summed E-state index contributed by atoms with van der Waals surface area (Å²) in [6, 6.07) is 9.62. The third kappa shape index (κ3) is 4.79. The van der Waals surface area contributed by atoms with E-state index in [0.29, 0.717) is 31.9 Å². The first-order valence-corrected chi connectivity index (χ1v) is 10.8. The van der Waals surface area contributed by atoms with Crippen molar-refractivity contribution < 1.29 is 19.0 Å². The highest BCUT2D eigenvalue weighted by Crippen LogP contribution is 2.41. The summed E-state index contributed by atoms with van der Waals surface area (Å²) in [5, 5.41) is 10.5. The normalized spacial score (nSPS) is 24.8. The zero-order valence-electron chi connectivity index (χ0n) is 18.0. The van der Waals surface area contributed by atoms with Gasteiger partial charge in [0.25, 0.3) is 0 Å². The van der Waals surface area contributed by atoms with Crippen LogP contribution in [0.1, 0.15) is 45.1 Å². The van der Waals surface area contributed by atoms with E-state index in [-0.39, 0.29) is 12.1 Å². The van der Waals surface area contributed by atoms with Crippen LogP contribution in [0.2, 0.25) is 0 Å². The number of amides is 1. The molecule has 8 heteroatoms. The molecule has 31 heavy (non-hydrogen) atoms. The molecule has 0 saturated carbocycles. The maximum Gasteiger partial charge on any atom is 0.410 e. The van der Waals surface area contributed by atoms with Crippen LogP contribution >= 0.6 is 0 Å². The first kappa shape index (κ1) is 21.5. The minimum Gasteiger partial charge on any atom is -0.438 e. The average molecular weight is 429 g/mol. The Labute approximate surface area is 181 Å². The first-order chi connectivity index (χ1) is 14.8. The van der Waals surface area contributed by atoms with Gasteiger partial charge in [-0.3, -0.25) is 0 Å². The molecule has 0 spiro atoms. The molecule has 2 atom stereocenters. The zero-order valence-corrected chi connectivity index (χ0v) is 18.0. The Morgan fingerprint density at radius 3 is 2.58 bits per heavy atom. The highest BCUT2D eigenvalue weighted by molar-refractivity contribution is 5.70. The van der Waals surface area contributed by atoms with E-state index in [1.807, 2.05) is 35.2 Å². The number of piperidine rings is 1. The molecule has 2 saturated heterocycles. The smallest absolute Gasteiger partial charge is 0.410 e. The molecule has 1 N–H and O–H groups in total. The lowest BCUT2D eigenvalue weighted by Crippen LogP contribution is -2.57. The van der Waals surface area contributed by atoms with Crippen LogP contribution in [0, 0.1) is 5.82 Å². The second-order valence-electron chi connectivity index (χ2n) is 9.10. The molecule has 0 unspecified atom stereocenters. The number of hydrogen-bond donors (Lipinski definition) is 1. The summed E-state index contributed by atoms with van der Waals surface area (Å²) in [6.45, 7) is 5.34. The van der Waals surface area contributed by atoms with Crippen LogP contribution in [-0.4, -0.2) is 57.3 Å². The van der Waals surface area contributed by atoms with Crippen molar-refractivity contribution in [2.75, 3.05) is 24.5 Å². The van der Waals surface area contributed by atoms with E-state index in [1.165, 1.54) is 0 Å². The maximum atomic E-state index is 13.2. The van der Waals surface area contributed by atoms with E-state index in [9.17, 15) is 14.3 Å². The van der Waals surface area contributed by atoms with Gasteiger partial charge in [-0.05, 0) is 32.3 Å². The number of aliphatic hydroxyl groups is 1. The van der Waals surface area contributed by atoms with Crippen molar-refractivity contribution >= 4 is 12.0 Å². The summed E-state index contributed by atoms with van der Waals surface area (Å²) in [6.07, 6.45) is 4.60. The fraction of sp³-hybridized carbons (Fsp3) is 0.522.